The first kappa shape index (κ1) is 21.4. The van der Waals surface area contributed by atoms with E-state index in [1.807, 2.05) is 12.1 Å². The molecular weight excluding hydrogens is 461 g/mol. The van der Waals surface area contributed by atoms with Gasteiger partial charge in [0.25, 0.3) is 5.19 Å². The Morgan fingerprint density at radius 2 is 1.83 bits per heavy atom. The molecular formula is C19H16ClF3N2O3S2. The van der Waals surface area contributed by atoms with Crippen molar-refractivity contribution in [1.82, 2.24) is 9.29 Å². The Hall–Kier alpha value is -1.88. The molecule has 11 heteroatoms. The number of ether oxygens (including phenoxy) is 1. The smallest absolute Gasteiger partial charge is 0.416 e. The molecule has 0 aliphatic carbocycles. The van der Waals surface area contributed by atoms with E-state index in [1.165, 1.54) is 21.7 Å². The maximum absolute atomic E-state index is 12.9. The van der Waals surface area contributed by atoms with Gasteiger partial charge in [-0.05, 0) is 43.2 Å². The van der Waals surface area contributed by atoms with Crippen LogP contribution in [0.4, 0.5) is 13.2 Å². The number of rotatable bonds is 4. The fraction of sp³-hybridized carbons (Fsp3) is 0.316. The summed E-state index contributed by atoms with van der Waals surface area (Å²) in [5.41, 5.74) is -0.333. The van der Waals surface area contributed by atoms with Crippen molar-refractivity contribution >= 4 is 43.2 Å². The number of alkyl halides is 3. The monoisotopic (exact) mass is 476 g/mol. The van der Waals surface area contributed by atoms with Gasteiger partial charge in [-0.3, -0.25) is 0 Å². The normalized spacial score (nSPS) is 16.8. The highest BCUT2D eigenvalue weighted by Crippen LogP contribution is 2.34. The van der Waals surface area contributed by atoms with Gasteiger partial charge in [-0.2, -0.15) is 17.5 Å². The molecule has 0 bridgehead atoms. The van der Waals surface area contributed by atoms with Crippen molar-refractivity contribution in [2.45, 2.75) is 30.0 Å². The van der Waals surface area contributed by atoms with E-state index in [9.17, 15) is 21.6 Å². The summed E-state index contributed by atoms with van der Waals surface area (Å²) >= 11 is 7.48. The number of thiazole rings is 1. The van der Waals surface area contributed by atoms with Crippen LogP contribution in [-0.2, 0) is 16.2 Å². The van der Waals surface area contributed by atoms with E-state index in [4.69, 9.17) is 16.3 Å². The lowest BCUT2D eigenvalue weighted by atomic mass is 10.1. The minimum absolute atomic E-state index is 0.148. The van der Waals surface area contributed by atoms with Crippen LogP contribution in [0.15, 0.2) is 47.4 Å². The number of hydrogen-bond donors (Lipinski definition) is 0. The van der Waals surface area contributed by atoms with Crippen molar-refractivity contribution in [2.24, 2.45) is 0 Å². The summed E-state index contributed by atoms with van der Waals surface area (Å²) in [7, 11) is -4.02. The quantitative estimate of drug-likeness (QED) is 0.519. The van der Waals surface area contributed by atoms with Crippen LogP contribution < -0.4 is 4.74 Å². The van der Waals surface area contributed by atoms with E-state index in [1.54, 1.807) is 6.07 Å². The number of nitrogens with zero attached hydrogens (tertiary/aromatic N) is 2. The molecule has 1 saturated heterocycles. The lowest BCUT2D eigenvalue weighted by Crippen LogP contribution is -2.41. The zero-order valence-corrected chi connectivity index (χ0v) is 17.8. The zero-order valence-electron chi connectivity index (χ0n) is 15.4. The van der Waals surface area contributed by atoms with E-state index in [0.717, 1.165) is 16.8 Å². The average molecular weight is 477 g/mol. The Morgan fingerprint density at radius 3 is 2.50 bits per heavy atom. The fourth-order valence-electron chi connectivity index (χ4n) is 3.26. The van der Waals surface area contributed by atoms with Crippen LogP contribution in [0.1, 0.15) is 18.4 Å². The van der Waals surface area contributed by atoms with Gasteiger partial charge in [-0.25, -0.2) is 13.4 Å². The second-order valence-corrected chi connectivity index (χ2v) is 10.2. The highest BCUT2D eigenvalue weighted by molar-refractivity contribution is 7.89. The number of fused-ring (bicyclic) bond motifs is 1. The van der Waals surface area contributed by atoms with Gasteiger partial charge >= 0.3 is 6.18 Å². The molecule has 3 aromatic rings. The summed E-state index contributed by atoms with van der Waals surface area (Å²) in [6.45, 7) is 0.295. The van der Waals surface area contributed by atoms with E-state index >= 15 is 0 Å². The van der Waals surface area contributed by atoms with Crippen molar-refractivity contribution in [3.8, 4) is 5.19 Å². The predicted octanol–water partition coefficient (Wildman–Crippen LogP) is 5.20. The second kappa shape index (κ2) is 7.99. The number of aromatic nitrogens is 1. The molecule has 2 aromatic carbocycles. The molecule has 1 aromatic heterocycles. The molecule has 30 heavy (non-hydrogen) atoms. The van der Waals surface area contributed by atoms with Crippen molar-refractivity contribution in [3.05, 3.63) is 53.1 Å². The molecule has 0 unspecified atom stereocenters. The standard InChI is InChI=1S/C19H16ClF3N2O3S2/c20-15-5-2-6-16-17(15)24-18(29-16)28-13-7-9-25(10-8-13)30(26,27)14-4-1-3-12(11-14)19(21,22)23/h1-6,11,13H,7-10H2. The lowest BCUT2D eigenvalue weighted by molar-refractivity contribution is -0.137. The van der Waals surface area contributed by atoms with Crippen LogP contribution in [0.25, 0.3) is 10.2 Å². The van der Waals surface area contributed by atoms with E-state index < -0.39 is 21.8 Å². The van der Waals surface area contributed by atoms with Gasteiger partial charge in [0.15, 0.2) is 0 Å². The predicted molar refractivity (Wildman–Crippen MR) is 108 cm³/mol. The number of piperidine rings is 1. The van der Waals surface area contributed by atoms with Crippen molar-refractivity contribution < 1.29 is 26.3 Å². The van der Waals surface area contributed by atoms with Crippen LogP contribution in [-0.4, -0.2) is 36.9 Å². The molecule has 2 heterocycles. The van der Waals surface area contributed by atoms with Gasteiger partial charge in [0.1, 0.15) is 11.6 Å². The Balaban J connectivity index is 1.44. The van der Waals surface area contributed by atoms with Crippen LogP contribution in [0, 0.1) is 0 Å². The molecule has 4 rings (SSSR count). The minimum atomic E-state index is -4.60. The average Bonchev–Trinajstić information content (AvgIpc) is 3.12. The molecule has 1 aliphatic rings. The van der Waals surface area contributed by atoms with Crippen LogP contribution >= 0.6 is 22.9 Å². The minimum Gasteiger partial charge on any atom is -0.467 e. The zero-order chi connectivity index (χ0) is 21.5. The van der Waals surface area contributed by atoms with Crippen molar-refractivity contribution in [1.29, 1.82) is 0 Å². The van der Waals surface area contributed by atoms with E-state index in [2.05, 4.69) is 4.98 Å². The maximum Gasteiger partial charge on any atom is 0.416 e. The van der Waals surface area contributed by atoms with E-state index in [0.29, 0.717) is 34.6 Å². The lowest BCUT2D eigenvalue weighted by Gasteiger charge is -2.30. The van der Waals surface area contributed by atoms with Crippen LogP contribution in [0.5, 0.6) is 5.19 Å². The number of para-hydroxylation sites is 1. The molecule has 0 spiro atoms. The van der Waals surface area contributed by atoms with Gasteiger partial charge in [-0.15, -0.1) is 0 Å². The van der Waals surface area contributed by atoms with Crippen LogP contribution in [0.3, 0.4) is 0 Å². The number of sulfonamides is 1. The summed E-state index contributed by atoms with van der Waals surface area (Å²) in [6, 6.07) is 9.25. The summed E-state index contributed by atoms with van der Waals surface area (Å²) in [6.07, 6.45) is -4.03. The summed E-state index contributed by atoms with van der Waals surface area (Å²) in [4.78, 5) is 4.02. The molecule has 1 fully saturated rings. The Labute approximate surface area is 180 Å². The Kier molecular flexibility index (Phi) is 5.69. The van der Waals surface area contributed by atoms with Gasteiger partial charge in [0, 0.05) is 13.1 Å². The first-order valence-electron chi connectivity index (χ1n) is 9.04. The number of benzene rings is 2. The summed E-state index contributed by atoms with van der Waals surface area (Å²) < 4.78 is 72.3. The molecule has 160 valence electrons. The Bertz CT molecular complexity index is 1170. The molecule has 0 N–H and O–H groups in total. The first-order valence-corrected chi connectivity index (χ1v) is 11.7. The molecule has 0 radical (unpaired) electrons. The Morgan fingerprint density at radius 1 is 1.13 bits per heavy atom. The highest BCUT2D eigenvalue weighted by Gasteiger charge is 2.34. The fourth-order valence-corrected chi connectivity index (χ4v) is 5.96. The third-order valence-electron chi connectivity index (χ3n) is 4.82. The van der Waals surface area contributed by atoms with Crippen LogP contribution in [0.2, 0.25) is 5.02 Å². The molecule has 5 nitrogen and oxygen atoms in total. The van der Waals surface area contributed by atoms with Gasteiger partial charge < -0.3 is 4.74 Å². The number of halogens is 4. The number of hydrogen-bond acceptors (Lipinski definition) is 5. The first-order chi connectivity index (χ1) is 14.1. The summed E-state index contributed by atoms with van der Waals surface area (Å²) in [5, 5.41) is 0.984. The molecule has 1 aliphatic heterocycles. The third kappa shape index (κ3) is 4.27. The van der Waals surface area contributed by atoms with Gasteiger partial charge in [-0.1, -0.05) is 35.1 Å². The highest BCUT2D eigenvalue weighted by atomic mass is 35.5. The van der Waals surface area contributed by atoms with Crippen molar-refractivity contribution in [3.63, 3.8) is 0 Å². The molecule has 0 saturated carbocycles. The summed E-state index contributed by atoms with van der Waals surface area (Å²) in [5.74, 6) is 0. The molecule has 0 atom stereocenters. The van der Waals surface area contributed by atoms with E-state index in [-0.39, 0.29) is 24.1 Å². The SMILES string of the molecule is O=S(=O)(c1cccc(C(F)(F)F)c1)N1CCC(Oc2nc3c(Cl)cccc3s2)CC1. The maximum atomic E-state index is 12.9. The molecule has 0 amide bonds. The van der Waals surface area contributed by atoms with Crippen molar-refractivity contribution in [2.75, 3.05) is 13.1 Å². The topological polar surface area (TPSA) is 59.5 Å². The second-order valence-electron chi connectivity index (χ2n) is 6.81. The van der Waals surface area contributed by atoms with Gasteiger partial charge in [0.05, 0.1) is 20.2 Å². The largest absolute Gasteiger partial charge is 0.467 e. The van der Waals surface area contributed by atoms with Gasteiger partial charge in [0.2, 0.25) is 10.0 Å². The third-order valence-corrected chi connectivity index (χ3v) is 7.93.